The van der Waals surface area contributed by atoms with Gasteiger partial charge in [0.05, 0.1) is 12.7 Å². The third-order valence-electron chi connectivity index (χ3n) is 3.75. The van der Waals surface area contributed by atoms with Crippen molar-refractivity contribution >= 4 is 5.97 Å². The van der Waals surface area contributed by atoms with Crippen LogP contribution in [0.3, 0.4) is 0 Å². The van der Waals surface area contributed by atoms with Crippen molar-refractivity contribution in [3.05, 3.63) is 12.2 Å². The average molecular weight is 235 g/mol. The van der Waals surface area contributed by atoms with Gasteiger partial charge in [-0.1, -0.05) is 19.1 Å². The molecule has 94 valence electrons. The fourth-order valence-corrected chi connectivity index (χ4v) is 2.89. The van der Waals surface area contributed by atoms with E-state index < -0.39 is 5.92 Å². The Morgan fingerprint density at radius 3 is 2.71 bits per heavy atom. The van der Waals surface area contributed by atoms with Crippen LogP contribution >= 0.6 is 0 Å². The highest BCUT2D eigenvalue weighted by atomic mass is 16.5. The summed E-state index contributed by atoms with van der Waals surface area (Å²) >= 11 is 0. The zero-order valence-electron chi connectivity index (χ0n) is 10.9. The van der Waals surface area contributed by atoms with Crippen LogP contribution in [0.2, 0.25) is 0 Å². The molecular weight excluding hydrogens is 214 g/mol. The fourth-order valence-electron chi connectivity index (χ4n) is 2.89. The topological polar surface area (TPSA) is 50.1 Å². The SMILES string of the molecule is C=C(C)C1CCC(C)C1C(C#N)C(=O)OCC. The number of rotatable bonds is 4. The zero-order chi connectivity index (χ0) is 13.0. The summed E-state index contributed by atoms with van der Waals surface area (Å²) in [5.41, 5.74) is 1.07. The summed E-state index contributed by atoms with van der Waals surface area (Å²) < 4.78 is 4.99. The van der Waals surface area contributed by atoms with Crippen LogP contribution in [0.15, 0.2) is 12.2 Å². The molecule has 0 aromatic carbocycles. The van der Waals surface area contributed by atoms with Gasteiger partial charge in [-0.05, 0) is 44.4 Å². The highest BCUT2D eigenvalue weighted by Crippen LogP contribution is 2.44. The van der Waals surface area contributed by atoms with Crippen molar-refractivity contribution in [1.29, 1.82) is 5.26 Å². The molecule has 4 atom stereocenters. The minimum Gasteiger partial charge on any atom is -0.465 e. The van der Waals surface area contributed by atoms with Gasteiger partial charge in [-0.25, -0.2) is 0 Å². The molecule has 0 saturated heterocycles. The largest absolute Gasteiger partial charge is 0.465 e. The molecule has 0 bridgehead atoms. The molecule has 3 nitrogen and oxygen atoms in total. The number of allylic oxidation sites excluding steroid dienone is 1. The summed E-state index contributed by atoms with van der Waals surface area (Å²) in [6.45, 7) is 10.2. The van der Waals surface area contributed by atoms with E-state index in [4.69, 9.17) is 4.74 Å². The van der Waals surface area contributed by atoms with E-state index in [2.05, 4.69) is 19.6 Å². The van der Waals surface area contributed by atoms with Gasteiger partial charge in [0.1, 0.15) is 5.92 Å². The lowest BCUT2D eigenvalue weighted by atomic mass is 9.77. The van der Waals surface area contributed by atoms with Gasteiger partial charge in [0.2, 0.25) is 0 Å². The molecule has 0 aromatic rings. The second-order valence-corrected chi connectivity index (χ2v) is 4.94. The predicted octanol–water partition coefficient (Wildman–Crippen LogP) is 2.93. The van der Waals surface area contributed by atoms with Gasteiger partial charge < -0.3 is 4.74 Å². The first-order valence-electron chi connectivity index (χ1n) is 6.24. The van der Waals surface area contributed by atoms with Gasteiger partial charge in [-0.2, -0.15) is 5.26 Å². The number of hydrogen-bond acceptors (Lipinski definition) is 3. The fraction of sp³-hybridized carbons (Fsp3) is 0.714. The molecule has 4 unspecified atom stereocenters. The minimum atomic E-state index is -0.644. The first-order chi connectivity index (χ1) is 8.02. The summed E-state index contributed by atoms with van der Waals surface area (Å²) in [6, 6.07) is 2.13. The maximum Gasteiger partial charge on any atom is 0.323 e. The van der Waals surface area contributed by atoms with Crippen LogP contribution in [-0.2, 0) is 9.53 Å². The van der Waals surface area contributed by atoms with Gasteiger partial charge in [-0.15, -0.1) is 0 Å². The Kier molecular flexibility index (Phi) is 4.74. The van der Waals surface area contributed by atoms with Crippen molar-refractivity contribution in [2.75, 3.05) is 6.61 Å². The van der Waals surface area contributed by atoms with E-state index in [1.807, 2.05) is 6.92 Å². The first kappa shape index (κ1) is 13.8. The van der Waals surface area contributed by atoms with Crippen LogP contribution in [0.5, 0.6) is 0 Å². The number of hydrogen-bond donors (Lipinski definition) is 0. The Hall–Kier alpha value is -1.30. The number of nitrogens with zero attached hydrogens (tertiary/aromatic N) is 1. The zero-order valence-corrected chi connectivity index (χ0v) is 10.9. The van der Waals surface area contributed by atoms with Crippen LogP contribution in [0.25, 0.3) is 0 Å². The maximum absolute atomic E-state index is 11.8. The molecule has 0 amide bonds. The summed E-state index contributed by atoms with van der Waals surface area (Å²) in [6.07, 6.45) is 2.08. The van der Waals surface area contributed by atoms with Crippen LogP contribution in [0.1, 0.15) is 33.6 Å². The van der Waals surface area contributed by atoms with E-state index in [1.54, 1.807) is 6.92 Å². The summed E-state index contributed by atoms with van der Waals surface area (Å²) in [5, 5.41) is 9.22. The molecular formula is C14H21NO2. The number of carbonyl (C=O) groups excluding carboxylic acids is 1. The lowest BCUT2D eigenvalue weighted by molar-refractivity contribution is -0.148. The van der Waals surface area contributed by atoms with E-state index >= 15 is 0 Å². The monoisotopic (exact) mass is 235 g/mol. The van der Waals surface area contributed by atoms with Gasteiger partial charge in [0.25, 0.3) is 0 Å². The quantitative estimate of drug-likeness (QED) is 0.556. The van der Waals surface area contributed by atoms with Crippen molar-refractivity contribution in [3.63, 3.8) is 0 Å². The van der Waals surface area contributed by atoms with E-state index in [9.17, 15) is 10.1 Å². The Bertz CT molecular complexity index is 343. The third kappa shape index (κ3) is 2.88. The standard InChI is InChI=1S/C14H21NO2/c1-5-17-14(16)12(8-15)13-10(4)6-7-11(13)9(2)3/h10-13H,2,5-7H2,1,3-4H3. The summed E-state index contributed by atoms with van der Waals surface area (Å²) in [5.74, 6) is -0.296. The number of nitriles is 1. The maximum atomic E-state index is 11.8. The molecule has 17 heavy (non-hydrogen) atoms. The highest BCUT2D eigenvalue weighted by molar-refractivity contribution is 5.75. The molecule has 0 radical (unpaired) electrons. The molecule has 0 heterocycles. The number of esters is 1. The van der Waals surface area contributed by atoms with Gasteiger partial charge in [0.15, 0.2) is 0 Å². The van der Waals surface area contributed by atoms with E-state index in [0.29, 0.717) is 12.5 Å². The van der Waals surface area contributed by atoms with Crippen LogP contribution < -0.4 is 0 Å². The molecule has 0 aromatic heterocycles. The summed E-state index contributed by atoms with van der Waals surface area (Å²) in [7, 11) is 0. The summed E-state index contributed by atoms with van der Waals surface area (Å²) in [4.78, 5) is 11.8. The Morgan fingerprint density at radius 1 is 1.59 bits per heavy atom. The van der Waals surface area contributed by atoms with E-state index in [1.165, 1.54) is 0 Å². The van der Waals surface area contributed by atoms with Crippen molar-refractivity contribution in [2.24, 2.45) is 23.7 Å². The molecule has 0 spiro atoms. The predicted molar refractivity (Wildman–Crippen MR) is 65.9 cm³/mol. The molecule has 1 aliphatic carbocycles. The van der Waals surface area contributed by atoms with E-state index in [-0.39, 0.29) is 17.8 Å². The first-order valence-corrected chi connectivity index (χ1v) is 6.24. The number of carbonyl (C=O) groups is 1. The van der Waals surface area contributed by atoms with Gasteiger partial charge in [-0.3, -0.25) is 4.79 Å². The highest BCUT2D eigenvalue weighted by Gasteiger charge is 2.43. The van der Waals surface area contributed by atoms with Crippen LogP contribution in [0.4, 0.5) is 0 Å². The molecule has 1 saturated carbocycles. The van der Waals surface area contributed by atoms with Gasteiger partial charge in [0, 0.05) is 0 Å². The molecule has 1 aliphatic rings. The van der Waals surface area contributed by atoms with Gasteiger partial charge >= 0.3 is 5.97 Å². The average Bonchev–Trinajstić information content (AvgIpc) is 2.63. The van der Waals surface area contributed by atoms with Crippen molar-refractivity contribution in [2.45, 2.75) is 33.6 Å². The Balaban J connectivity index is 2.89. The lowest BCUT2D eigenvalue weighted by Gasteiger charge is -2.26. The second kappa shape index (κ2) is 5.86. The normalized spacial score (nSPS) is 29.4. The smallest absolute Gasteiger partial charge is 0.323 e. The Labute approximate surface area is 103 Å². The molecule has 1 fully saturated rings. The molecule has 0 N–H and O–H groups in total. The van der Waals surface area contributed by atoms with Crippen molar-refractivity contribution < 1.29 is 9.53 Å². The minimum absolute atomic E-state index is 0.0662. The van der Waals surface area contributed by atoms with E-state index in [0.717, 1.165) is 18.4 Å². The second-order valence-electron chi connectivity index (χ2n) is 4.94. The van der Waals surface area contributed by atoms with Crippen LogP contribution in [-0.4, -0.2) is 12.6 Å². The molecule has 1 rings (SSSR count). The third-order valence-corrected chi connectivity index (χ3v) is 3.75. The molecule has 0 aliphatic heterocycles. The molecule has 3 heteroatoms. The van der Waals surface area contributed by atoms with Crippen molar-refractivity contribution in [1.82, 2.24) is 0 Å². The van der Waals surface area contributed by atoms with Crippen LogP contribution in [0, 0.1) is 35.0 Å². The Morgan fingerprint density at radius 2 is 2.24 bits per heavy atom. The lowest BCUT2D eigenvalue weighted by Crippen LogP contribution is -2.30. The van der Waals surface area contributed by atoms with Crippen molar-refractivity contribution in [3.8, 4) is 6.07 Å². The number of ether oxygens (including phenoxy) is 1.